The normalized spacial score (nSPS) is 19.2. The third-order valence-corrected chi connectivity index (χ3v) is 6.00. The van der Waals surface area contributed by atoms with Gasteiger partial charge in [0.05, 0.1) is 12.0 Å². The van der Waals surface area contributed by atoms with E-state index < -0.39 is 10.0 Å². The molecule has 4 nitrogen and oxygen atoms in total. The highest BCUT2D eigenvalue weighted by Gasteiger charge is 2.33. The number of rotatable bonds is 4. The van der Waals surface area contributed by atoms with E-state index in [0.717, 1.165) is 6.42 Å². The van der Waals surface area contributed by atoms with E-state index in [-0.39, 0.29) is 5.92 Å². The highest BCUT2D eigenvalue weighted by Crippen LogP contribution is 2.31. The van der Waals surface area contributed by atoms with Crippen LogP contribution in [0.3, 0.4) is 0 Å². The topological polar surface area (TPSA) is 46.6 Å². The van der Waals surface area contributed by atoms with E-state index in [1.54, 1.807) is 35.7 Å². The Morgan fingerprint density at radius 2 is 1.73 bits per heavy atom. The van der Waals surface area contributed by atoms with Crippen molar-refractivity contribution in [2.75, 3.05) is 20.2 Å². The van der Waals surface area contributed by atoms with Crippen molar-refractivity contribution in [1.29, 1.82) is 0 Å². The number of hydrogen-bond acceptors (Lipinski definition) is 3. The summed E-state index contributed by atoms with van der Waals surface area (Å²) in [5.74, 6) is 0.928. The van der Waals surface area contributed by atoms with Gasteiger partial charge in [-0.25, -0.2) is 8.42 Å². The molecule has 0 spiro atoms. The highest BCUT2D eigenvalue weighted by atomic mass is 32.2. The number of sulfonamides is 1. The summed E-state index contributed by atoms with van der Waals surface area (Å²) < 4.78 is 32.0. The van der Waals surface area contributed by atoms with Crippen molar-refractivity contribution >= 4 is 10.0 Å². The van der Waals surface area contributed by atoms with Gasteiger partial charge in [-0.05, 0) is 42.2 Å². The van der Waals surface area contributed by atoms with Crippen molar-refractivity contribution in [3.63, 3.8) is 0 Å². The first-order chi connectivity index (χ1) is 10.6. The van der Waals surface area contributed by atoms with Crippen LogP contribution in [0.15, 0.2) is 59.5 Å². The molecule has 1 fully saturated rings. The standard InChI is InChI=1S/C17H19NO3S/c1-21-16-7-9-17(10-8-16)22(19,20)18-12-11-15(13-18)14-5-3-2-4-6-14/h2-10,15H,11-13H2,1H3/t15-/m0/s1. The minimum absolute atomic E-state index is 0.272. The zero-order chi connectivity index (χ0) is 15.6. The van der Waals surface area contributed by atoms with Gasteiger partial charge in [0.2, 0.25) is 10.0 Å². The summed E-state index contributed by atoms with van der Waals surface area (Å²) >= 11 is 0. The second-order valence-corrected chi connectivity index (χ2v) is 7.37. The van der Waals surface area contributed by atoms with E-state index in [1.807, 2.05) is 18.2 Å². The van der Waals surface area contributed by atoms with Crippen molar-refractivity contribution in [2.24, 2.45) is 0 Å². The maximum Gasteiger partial charge on any atom is 0.243 e. The zero-order valence-electron chi connectivity index (χ0n) is 12.5. The summed E-state index contributed by atoms with van der Waals surface area (Å²) in [5, 5.41) is 0. The van der Waals surface area contributed by atoms with Crippen LogP contribution in [-0.2, 0) is 10.0 Å². The maximum absolute atomic E-state index is 12.7. The van der Waals surface area contributed by atoms with Gasteiger partial charge in [-0.1, -0.05) is 30.3 Å². The third-order valence-electron chi connectivity index (χ3n) is 4.12. The Kier molecular flexibility index (Phi) is 4.18. The Bertz CT molecular complexity index is 726. The van der Waals surface area contributed by atoms with Gasteiger partial charge in [0.1, 0.15) is 5.75 Å². The lowest BCUT2D eigenvalue weighted by Gasteiger charge is -2.17. The van der Waals surface area contributed by atoms with Gasteiger partial charge in [0.25, 0.3) is 0 Å². The smallest absolute Gasteiger partial charge is 0.243 e. The first-order valence-corrected chi connectivity index (χ1v) is 8.74. The minimum Gasteiger partial charge on any atom is -0.497 e. The lowest BCUT2D eigenvalue weighted by Crippen LogP contribution is -2.28. The van der Waals surface area contributed by atoms with Gasteiger partial charge in [0.15, 0.2) is 0 Å². The molecule has 1 aliphatic rings. The van der Waals surface area contributed by atoms with Gasteiger partial charge in [-0.3, -0.25) is 0 Å². The summed E-state index contributed by atoms with van der Waals surface area (Å²) in [4.78, 5) is 0.321. The molecule has 1 heterocycles. The van der Waals surface area contributed by atoms with Crippen LogP contribution in [0.1, 0.15) is 17.9 Å². The first kappa shape index (κ1) is 15.1. The van der Waals surface area contributed by atoms with Crippen molar-refractivity contribution in [2.45, 2.75) is 17.2 Å². The number of ether oxygens (including phenoxy) is 1. The Morgan fingerprint density at radius 3 is 2.36 bits per heavy atom. The summed E-state index contributed by atoms with van der Waals surface area (Å²) in [6.45, 7) is 1.10. The van der Waals surface area contributed by atoms with Gasteiger partial charge in [0, 0.05) is 13.1 Å². The van der Waals surface area contributed by atoms with E-state index >= 15 is 0 Å². The summed E-state index contributed by atoms with van der Waals surface area (Å²) in [6, 6.07) is 16.7. The molecule has 0 unspecified atom stereocenters. The molecule has 1 atom stereocenters. The summed E-state index contributed by atoms with van der Waals surface area (Å²) in [5.41, 5.74) is 1.20. The number of methoxy groups -OCH3 is 1. The molecule has 0 aromatic heterocycles. The molecule has 3 rings (SSSR count). The van der Waals surface area contributed by atoms with Crippen LogP contribution in [0.5, 0.6) is 5.75 Å². The number of nitrogens with zero attached hydrogens (tertiary/aromatic N) is 1. The first-order valence-electron chi connectivity index (χ1n) is 7.30. The molecule has 22 heavy (non-hydrogen) atoms. The SMILES string of the molecule is COc1ccc(S(=O)(=O)N2CC[C@H](c3ccccc3)C2)cc1. The van der Waals surface area contributed by atoms with Gasteiger partial charge in [-0.15, -0.1) is 0 Å². The molecular weight excluding hydrogens is 298 g/mol. The monoisotopic (exact) mass is 317 g/mol. The van der Waals surface area contributed by atoms with E-state index in [4.69, 9.17) is 4.74 Å². The Hall–Kier alpha value is -1.85. The predicted octanol–water partition coefficient (Wildman–Crippen LogP) is 2.87. The molecule has 0 bridgehead atoms. The molecule has 0 radical (unpaired) electrons. The molecule has 1 saturated heterocycles. The average Bonchev–Trinajstić information content (AvgIpc) is 3.06. The van der Waals surface area contributed by atoms with Crippen LogP contribution in [0, 0.1) is 0 Å². The van der Waals surface area contributed by atoms with Crippen LogP contribution in [0.2, 0.25) is 0 Å². The minimum atomic E-state index is -3.43. The molecular formula is C17H19NO3S. The number of hydrogen-bond donors (Lipinski definition) is 0. The van der Waals surface area contributed by atoms with Crippen molar-refractivity contribution in [1.82, 2.24) is 4.31 Å². The second kappa shape index (κ2) is 6.10. The lowest BCUT2D eigenvalue weighted by atomic mass is 9.99. The van der Waals surface area contributed by atoms with Crippen molar-refractivity contribution in [3.05, 3.63) is 60.2 Å². The van der Waals surface area contributed by atoms with Gasteiger partial charge < -0.3 is 4.74 Å². The Labute approximate surface area is 131 Å². The van der Waals surface area contributed by atoms with Gasteiger partial charge in [-0.2, -0.15) is 4.31 Å². The number of benzene rings is 2. The van der Waals surface area contributed by atoms with Crippen LogP contribution in [0.25, 0.3) is 0 Å². The summed E-state index contributed by atoms with van der Waals surface area (Å²) in [7, 11) is -1.86. The molecule has 0 N–H and O–H groups in total. The fraction of sp³-hybridized carbons (Fsp3) is 0.294. The molecule has 0 aliphatic carbocycles. The van der Waals surface area contributed by atoms with E-state index in [9.17, 15) is 8.42 Å². The van der Waals surface area contributed by atoms with Crippen molar-refractivity contribution < 1.29 is 13.2 Å². The van der Waals surface area contributed by atoms with Crippen LogP contribution in [-0.4, -0.2) is 32.9 Å². The lowest BCUT2D eigenvalue weighted by molar-refractivity contribution is 0.414. The second-order valence-electron chi connectivity index (χ2n) is 5.43. The third kappa shape index (κ3) is 2.87. The summed E-state index contributed by atoms with van der Waals surface area (Å²) in [6.07, 6.45) is 0.861. The molecule has 116 valence electrons. The largest absolute Gasteiger partial charge is 0.497 e. The molecule has 0 saturated carbocycles. The molecule has 0 amide bonds. The van der Waals surface area contributed by atoms with Crippen LogP contribution in [0.4, 0.5) is 0 Å². The molecule has 2 aromatic rings. The van der Waals surface area contributed by atoms with E-state index in [0.29, 0.717) is 23.7 Å². The van der Waals surface area contributed by atoms with Crippen LogP contribution < -0.4 is 4.74 Å². The fourth-order valence-electron chi connectivity index (χ4n) is 2.84. The zero-order valence-corrected chi connectivity index (χ0v) is 13.3. The van der Waals surface area contributed by atoms with Gasteiger partial charge >= 0.3 is 0 Å². The van der Waals surface area contributed by atoms with Crippen LogP contribution >= 0.6 is 0 Å². The average molecular weight is 317 g/mol. The maximum atomic E-state index is 12.7. The Morgan fingerprint density at radius 1 is 1.05 bits per heavy atom. The van der Waals surface area contributed by atoms with E-state index in [1.165, 1.54) is 5.56 Å². The predicted molar refractivity (Wildman–Crippen MR) is 85.6 cm³/mol. The quantitative estimate of drug-likeness (QED) is 0.871. The fourth-order valence-corrected chi connectivity index (χ4v) is 4.34. The van der Waals surface area contributed by atoms with Crippen molar-refractivity contribution in [3.8, 4) is 5.75 Å². The highest BCUT2D eigenvalue weighted by molar-refractivity contribution is 7.89. The molecule has 1 aliphatic heterocycles. The molecule has 5 heteroatoms. The molecule has 2 aromatic carbocycles. The Balaban J connectivity index is 1.79. The van der Waals surface area contributed by atoms with E-state index in [2.05, 4.69) is 12.1 Å².